The van der Waals surface area contributed by atoms with Gasteiger partial charge in [-0.2, -0.15) is 17.4 Å². The van der Waals surface area contributed by atoms with Crippen molar-refractivity contribution in [2.75, 3.05) is 20.2 Å². The standard InChI is InChI=1S/C11H20N2O6S/c1-3-9(10(14)15)12-20(17,18)13-6-4-8(5-7-13)11(16)19-2/h8-9,12H,3-7H2,1-2H3,(H,14,15)/t9-/m1/s1. The lowest BCUT2D eigenvalue weighted by molar-refractivity contribution is -0.146. The molecule has 1 saturated heterocycles. The van der Waals surface area contributed by atoms with E-state index in [1.54, 1.807) is 6.92 Å². The molecule has 1 rings (SSSR count). The number of carboxylic acids is 1. The average Bonchev–Trinajstić information content (AvgIpc) is 2.43. The topological polar surface area (TPSA) is 113 Å². The number of nitrogens with one attached hydrogen (secondary N) is 1. The maximum absolute atomic E-state index is 12.0. The van der Waals surface area contributed by atoms with E-state index in [4.69, 9.17) is 5.11 Å². The van der Waals surface area contributed by atoms with E-state index < -0.39 is 22.2 Å². The first-order valence-corrected chi connectivity index (χ1v) is 7.83. The molecule has 8 nitrogen and oxygen atoms in total. The minimum absolute atomic E-state index is 0.160. The van der Waals surface area contributed by atoms with E-state index in [1.807, 2.05) is 0 Å². The summed E-state index contributed by atoms with van der Waals surface area (Å²) in [6, 6.07) is -1.14. The summed E-state index contributed by atoms with van der Waals surface area (Å²) in [7, 11) is -2.55. The average molecular weight is 308 g/mol. The molecule has 9 heteroatoms. The molecule has 1 aliphatic heterocycles. The van der Waals surface area contributed by atoms with Crippen LogP contribution in [-0.4, -0.2) is 56.0 Å². The Morgan fingerprint density at radius 1 is 1.40 bits per heavy atom. The molecular formula is C11H20N2O6S. The SMILES string of the molecule is CC[C@@H](NS(=O)(=O)N1CCC(C(=O)OC)CC1)C(=O)O. The molecular weight excluding hydrogens is 288 g/mol. The third kappa shape index (κ3) is 4.15. The van der Waals surface area contributed by atoms with Gasteiger partial charge in [0.2, 0.25) is 0 Å². The number of esters is 1. The van der Waals surface area contributed by atoms with E-state index in [9.17, 15) is 18.0 Å². The van der Waals surface area contributed by atoms with Crippen LogP contribution in [0.15, 0.2) is 0 Å². The fourth-order valence-electron chi connectivity index (χ4n) is 2.06. The van der Waals surface area contributed by atoms with Crippen LogP contribution in [0.1, 0.15) is 26.2 Å². The van der Waals surface area contributed by atoms with E-state index in [0.29, 0.717) is 12.8 Å². The highest BCUT2D eigenvalue weighted by atomic mass is 32.2. The number of piperidine rings is 1. The van der Waals surface area contributed by atoms with Gasteiger partial charge in [0.1, 0.15) is 6.04 Å². The first-order chi connectivity index (χ1) is 9.31. The van der Waals surface area contributed by atoms with Crippen molar-refractivity contribution in [1.82, 2.24) is 9.03 Å². The molecule has 0 aromatic carbocycles. The molecule has 1 heterocycles. The molecule has 0 radical (unpaired) electrons. The second kappa shape index (κ2) is 7.00. The van der Waals surface area contributed by atoms with E-state index in [0.717, 1.165) is 4.31 Å². The summed E-state index contributed by atoms with van der Waals surface area (Å²) in [4.78, 5) is 22.2. The lowest BCUT2D eigenvalue weighted by Crippen LogP contribution is -2.50. The molecule has 0 saturated carbocycles. The summed E-state index contributed by atoms with van der Waals surface area (Å²) in [6.07, 6.45) is 0.905. The fraction of sp³-hybridized carbons (Fsp3) is 0.818. The molecule has 0 spiro atoms. The van der Waals surface area contributed by atoms with Gasteiger partial charge in [0.15, 0.2) is 0 Å². The molecule has 2 N–H and O–H groups in total. The van der Waals surface area contributed by atoms with Crippen molar-refractivity contribution in [2.24, 2.45) is 5.92 Å². The molecule has 1 atom stereocenters. The predicted octanol–water partition coefficient (Wildman–Crippen LogP) is -0.431. The number of ether oxygens (including phenoxy) is 1. The van der Waals surface area contributed by atoms with Crippen molar-refractivity contribution in [1.29, 1.82) is 0 Å². The van der Waals surface area contributed by atoms with E-state index in [2.05, 4.69) is 9.46 Å². The molecule has 0 aromatic rings. The van der Waals surface area contributed by atoms with Crippen LogP contribution in [-0.2, 0) is 24.5 Å². The number of rotatable bonds is 6. The van der Waals surface area contributed by atoms with Crippen LogP contribution in [0.25, 0.3) is 0 Å². The molecule has 0 bridgehead atoms. The fourth-order valence-corrected chi connectivity index (χ4v) is 3.53. The molecule has 0 amide bonds. The lowest BCUT2D eigenvalue weighted by Gasteiger charge is -2.30. The van der Waals surface area contributed by atoms with E-state index in [-0.39, 0.29) is 31.4 Å². The zero-order valence-electron chi connectivity index (χ0n) is 11.5. The zero-order valence-corrected chi connectivity index (χ0v) is 12.4. The summed E-state index contributed by atoms with van der Waals surface area (Å²) in [6.45, 7) is 1.93. The first-order valence-electron chi connectivity index (χ1n) is 6.39. The second-order valence-corrected chi connectivity index (χ2v) is 6.32. The zero-order chi connectivity index (χ0) is 15.3. The number of carboxylic acid groups (broad SMARTS) is 1. The number of carbonyl (C=O) groups is 2. The Labute approximate surface area is 118 Å². The van der Waals surface area contributed by atoms with Crippen molar-refractivity contribution in [3.8, 4) is 0 Å². The summed E-state index contributed by atoms with van der Waals surface area (Å²) in [5.41, 5.74) is 0. The van der Waals surface area contributed by atoms with Crippen molar-refractivity contribution in [2.45, 2.75) is 32.2 Å². The number of aliphatic carboxylic acids is 1. The molecule has 1 fully saturated rings. The minimum Gasteiger partial charge on any atom is -0.480 e. The highest BCUT2D eigenvalue weighted by Gasteiger charge is 2.33. The highest BCUT2D eigenvalue weighted by molar-refractivity contribution is 7.87. The minimum atomic E-state index is -3.85. The van der Waals surface area contributed by atoms with Crippen LogP contribution < -0.4 is 4.72 Å². The van der Waals surface area contributed by atoms with Crippen LogP contribution >= 0.6 is 0 Å². The van der Waals surface area contributed by atoms with Crippen molar-refractivity contribution >= 4 is 22.1 Å². The van der Waals surface area contributed by atoms with Crippen LogP contribution in [0, 0.1) is 5.92 Å². The number of carbonyl (C=O) groups excluding carboxylic acids is 1. The largest absolute Gasteiger partial charge is 0.480 e. The second-order valence-electron chi connectivity index (χ2n) is 4.62. The smallest absolute Gasteiger partial charge is 0.321 e. The lowest BCUT2D eigenvalue weighted by atomic mass is 9.99. The van der Waals surface area contributed by atoms with Gasteiger partial charge in [-0.25, -0.2) is 0 Å². The Bertz CT molecular complexity index is 456. The maximum Gasteiger partial charge on any atom is 0.321 e. The third-order valence-corrected chi connectivity index (χ3v) is 4.95. The molecule has 116 valence electrons. The number of hydrogen-bond acceptors (Lipinski definition) is 5. The van der Waals surface area contributed by atoms with Crippen LogP contribution in [0.3, 0.4) is 0 Å². The Morgan fingerprint density at radius 2 is 1.95 bits per heavy atom. The van der Waals surface area contributed by atoms with Crippen molar-refractivity contribution < 1.29 is 27.9 Å². The van der Waals surface area contributed by atoms with Gasteiger partial charge in [-0.05, 0) is 19.3 Å². The summed E-state index contributed by atoms with van der Waals surface area (Å²) in [5, 5.41) is 8.88. The van der Waals surface area contributed by atoms with Crippen LogP contribution in [0.2, 0.25) is 0 Å². The Balaban J connectivity index is 2.63. The van der Waals surface area contributed by atoms with Gasteiger partial charge in [-0.15, -0.1) is 0 Å². The summed E-state index contributed by atoms with van der Waals surface area (Å²) < 4.78 is 32.0. The van der Waals surface area contributed by atoms with Gasteiger partial charge in [-0.1, -0.05) is 6.92 Å². The Morgan fingerprint density at radius 3 is 2.35 bits per heavy atom. The van der Waals surface area contributed by atoms with Gasteiger partial charge < -0.3 is 9.84 Å². The number of nitrogens with zero attached hydrogens (tertiary/aromatic N) is 1. The maximum atomic E-state index is 12.0. The monoisotopic (exact) mass is 308 g/mol. The van der Waals surface area contributed by atoms with Gasteiger partial charge in [0.25, 0.3) is 10.2 Å². The predicted molar refractivity (Wildman–Crippen MR) is 70.1 cm³/mol. The summed E-state index contributed by atoms with van der Waals surface area (Å²) >= 11 is 0. The van der Waals surface area contributed by atoms with Gasteiger partial charge in [-0.3, -0.25) is 9.59 Å². The molecule has 0 aromatic heterocycles. The number of hydrogen-bond donors (Lipinski definition) is 2. The van der Waals surface area contributed by atoms with E-state index >= 15 is 0 Å². The number of methoxy groups -OCH3 is 1. The third-order valence-electron chi connectivity index (χ3n) is 3.33. The van der Waals surface area contributed by atoms with Gasteiger partial charge in [0, 0.05) is 13.1 Å². The van der Waals surface area contributed by atoms with Crippen molar-refractivity contribution in [3.05, 3.63) is 0 Å². The molecule has 0 aliphatic carbocycles. The highest BCUT2D eigenvalue weighted by Crippen LogP contribution is 2.20. The molecule has 0 unspecified atom stereocenters. The Kier molecular flexibility index (Phi) is 5.90. The molecule has 1 aliphatic rings. The van der Waals surface area contributed by atoms with Gasteiger partial charge in [0.05, 0.1) is 13.0 Å². The molecule has 20 heavy (non-hydrogen) atoms. The van der Waals surface area contributed by atoms with Gasteiger partial charge >= 0.3 is 11.9 Å². The normalized spacial score (nSPS) is 19.5. The van der Waals surface area contributed by atoms with Crippen LogP contribution in [0.4, 0.5) is 0 Å². The van der Waals surface area contributed by atoms with Crippen LogP contribution in [0.5, 0.6) is 0 Å². The van der Waals surface area contributed by atoms with Crippen molar-refractivity contribution in [3.63, 3.8) is 0 Å². The Hall–Kier alpha value is -1.19. The van der Waals surface area contributed by atoms with E-state index in [1.165, 1.54) is 7.11 Å². The first kappa shape index (κ1) is 16.9. The quantitative estimate of drug-likeness (QED) is 0.644. The summed E-state index contributed by atoms with van der Waals surface area (Å²) in [5.74, 6) is -1.85.